The SMILES string of the molecule is O=C(O)c1cc(-c2ccc(C(F)(F)F)cc2)c[nH]1. The number of carboxylic acid groups (broad SMARTS) is 1. The Morgan fingerprint density at radius 1 is 1.11 bits per heavy atom. The number of aromatic carboxylic acids is 1. The fraction of sp³-hybridized carbons (Fsp3) is 0.0833. The van der Waals surface area contributed by atoms with Crippen molar-refractivity contribution in [2.45, 2.75) is 6.18 Å². The fourth-order valence-electron chi connectivity index (χ4n) is 1.54. The van der Waals surface area contributed by atoms with Gasteiger partial charge in [-0.15, -0.1) is 0 Å². The first-order valence-electron chi connectivity index (χ1n) is 4.97. The third-order valence-corrected chi connectivity index (χ3v) is 2.46. The van der Waals surface area contributed by atoms with Gasteiger partial charge in [-0.3, -0.25) is 0 Å². The van der Waals surface area contributed by atoms with E-state index in [9.17, 15) is 18.0 Å². The molecule has 0 spiro atoms. The predicted octanol–water partition coefficient (Wildman–Crippen LogP) is 3.40. The van der Waals surface area contributed by atoms with Gasteiger partial charge in [0.05, 0.1) is 5.56 Å². The van der Waals surface area contributed by atoms with Crippen LogP contribution in [0, 0.1) is 0 Å². The van der Waals surface area contributed by atoms with Gasteiger partial charge >= 0.3 is 12.1 Å². The smallest absolute Gasteiger partial charge is 0.416 e. The second-order valence-electron chi connectivity index (χ2n) is 3.68. The maximum absolute atomic E-state index is 12.3. The van der Waals surface area contributed by atoms with Crippen LogP contribution in [-0.4, -0.2) is 16.1 Å². The number of carboxylic acids is 1. The van der Waals surface area contributed by atoms with Gasteiger partial charge in [-0.05, 0) is 29.3 Å². The summed E-state index contributed by atoms with van der Waals surface area (Å²) in [5, 5.41) is 8.72. The molecule has 2 aromatic rings. The van der Waals surface area contributed by atoms with E-state index in [1.165, 1.54) is 24.4 Å². The highest BCUT2D eigenvalue weighted by molar-refractivity contribution is 5.87. The number of carbonyl (C=O) groups is 1. The minimum Gasteiger partial charge on any atom is -0.477 e. The summed E-state index contributed by atoms with van der Waals surface area (Å²) in [4.78, 5) is 13.2. The van der Waals surface area contributed by atoms with Crippen molar-refractivity contribution in [3.05, 3.63) is 47.8 Å². The Hall–Kier alpha value is -2.24. The lowest BCUT2D eigenvalue weighted by atomic mass is 10.1. The van der Waals surface area contributed by atoms with Crippen LogP contribution in [0.2, 0.25) is 0 Å². The van der Waals surface area contributed by atoms with Gasteiger partial charge in [0.25, 0.3) is 0 Å². The van der Waals surface area contributed by atoms with Crippen molar-refractivity contribution < 1.29 is 23.1 Å². The summed E-state index contributed by atoms with van der Waals surface area (Å²) in [5.74, 6) is -1.12. The number of rotatable bonds is 2. The van der Waals surface area contributed by atoms with Gasteiger partial charge in [-0.25, -0.2) is 4.79 Å². The van der Waals surface area contributed by atoms with E-state index < -0.39 is 17.7 Å². The van der Waals surface area contributed by atoms with Crippen molar-refractivity contribution in [2.24, 2.45) is 0 Å². The van der Waals surface area contributed by atoms with Crippen molar-refractivity contribution in [3.8, 4) is 11.1 Å². The highest BCUT2D eigenvalue weighted by atomic mass is 19.4. The van der Waals surface area contributed by atoms with Crippen LogP contribution in [-0.2, 0) is 6.18 Å². The number of halogens is 3. The first kappa shape index (κ1) is 12.2. The maximum atomic E-state index is 12.3. The zero-order valence-electron chi connectivity index (χ0n) is 8.95. The molecule has 0 saturated heterocycles. The highest BCUT2D eigenvalue weighted by Gasteiger charge is 2.29. The van der Waals surface area contributed by atoms with E-state index in [2.05, 4.69) is 4.98 Å². The van der Waals surface area contributed by atoms with Crippen LogP contribution < -0.4 is 0 Å². The lowest BCUT2D eigenvalue weighted by molar-refractivity contribution is -0.137. The molecule has 0 aliphatic carbocycles. The van der Waals surface area contributed by atoms with Gasteiger partial charge in [-0.1, -0.05) is 12.1 Å². The van der Waals surface area contributed by atoms with Gasteiger partial charge in [0.15, 0.2) is 0 Å². The second-order valence-corrected chi connectivity index (χ2v) is 3.68. The quantitative estimate of drug-likeness (QED) is 0.864. The first-order valence-corrected chi connectivity index (χ1v) is 4.97. The van der Waals surface area contributed by atoms with E-state index in [1.807, 2.05) is 0 Å². The van der Waals surface area contributed by atoms with Gasteiger partial charge < -0.3 is 10.1 Å². The first-order chi connectivity index (χ1) is 8.38. The van der Waals surface area contributed by atoms with E-state index in [-0.39, 0.29) is 5.69 Å². The van der Waals surface area contributed by atoms with Crippen molar-refractivity contribution in [1.82, 2.24) is 4.98 Å². The van der Waals surface area contributed by atoms with Crippen molar-refractivity contribution in [2.75, 3.05) is 0 Å². The van der Waals surface area contributed by atoms with E-state index in [1.54, 1.807) is 0 Å². The summed E-state index contributed by atoms with van der Waals surface area (Å²) in [7, 11) is 0. The normalized spacial score (nSPS) is 11.5. The Morgan fingerprint density at radius 3 is 2.17 bits per heavy atom. The van der Waals surface area contributed by atoms with Crippen molar-refractivity contribution >= 4 is 5.97 Å². The predicted molar refractivity (Wildman–Crippen MR) is 58.2 cm³/mol. The second kappa shape index (κ2) is 4.21. The number of hydrogen-bond donors (Lipinski definition) is 2. The molecule has 0 radical (unpaired) electrons. The molecule has 6 heteroatoms. The Morgan fingerprint density at radius 2 is 1.72 bits per heavy atom. The minimum atomic E-state index is -4.37. The van der Waals surface area contributed by atoms with E-state index in [0.717, 1.165) is 12.1 Å². The molecule has 0 atom stereocenters. The van der Waals surface area contributed by atoms with Crippen LogP contribution in [0.4, 0.5) is 13.2 Å². The van der Waals surface area contributed by atoms with E-state index in [0.29, 0.717) is 11.1 Å². The van der Waals surface area contributed by atoms with Crippen LogP contribution in [0.25, 0.3) is 11.1 Å². The van der Waals surface area contributed by atoms with Crippen LogP contribution >= 0.6 is 0 Å². The van der Waals surface area contributed by atoms with E-state index >= 15 is 0 Å². The molecule has 1 heterocycles. The Labute approximate surface area is 99.9 Å². The van der Waals surface area contributed by atoms with Gasteiger partial charge in [0.1, 0.15) is 5.69 Å². The summed E-state index contributed by atoms with van der Waals surface area (Å²) in [6.45, 7) is 0. The fourth-order valence-corrected chi connectivity index (χ4v) is 1.54. The molecule has 0 fully saturated rings. The number of H-pyrrole nitrogens is 1. The largest absolute Gasteiger partial charge is 0.477 e. The summed E-state index contributed by atoms with van der Waals surface area (Å²) in [6, 6.07) is 5.89. The monoisotopic (exact) mass is 255 g/mol. The Bertz CT molecular complexity index is 570. The molecule has 0 amide bonds. The molecular formula is C12H8F3NO2. The average Bonchev–Trinajstić information content (AvgIpc) is 2.77. The third kappa shape index (κ3) is 2.37. The molecular weight excluding hydrogens is 247 g/mol. The highest BCUT2D eigenvalue weighted by Crippen LogP contribution is 2.31. The molecule has 18 heavy (non-hydrogen) atoms. The number of nitrogens with one attached hydrogen (secondary N) is 1. The zero-order chi connectivity index (χ0) is 13.3. The van der Waals surface area contributed by atoms with Crippen LogP contribution in [0.3, 0.4) is 0 Å². The van der Waals surface area contributed by atoms with Gasteiger partial charge in [0, 0.05) is 6.20 Å². The molecule has 1 aromatic carbocycles. The van der Waals surface area contributed by atoms with Crippen molar-refractivity contribution in [1.29, 1.82) is 0 Å². The summed E-state index contributed by atoms with van der Waals surface area (Å²) < 4.78 is 37.0. The minimum absolute atomic E-state index is 0.00935. The number of aromatic amines is 1. The van der Waals surface area contributed by atoms with E-state index in [4.69, 9.17) is 5.11 Å². The molecule has 2 rings (SSSR count). The maximum Gasteiger partial charge on any atom is 0.416 e. The number of benzene rings is 1. The summed E-state index contributed by atoms with van der Waals surface area (Å²) in [5.41, 5.74) is 0.304. The lowest BCUT2D eigenvalue weighted by Crippen LogP contribution is -2.03. The zero-order valence-corrected chi connectivity index (χ0v) is 8.95. The molecule has 2 N–H and O–H groups in total. The number of alkyl halides is 3. The van der Waals surface area contributed by atoms with Crippen LogP contribution in [0.5, 0.6) is 0 Å². The molecule has 0 saturated carbocycles. The summed E-state index contributed by atoms with van der Waals surface area (Å²) in [6.07, 6.45) is -2.94. The van der Waals surface area contributed by atoms with Crippen LogP contribution in [0.15, 0.2) is 36.5 Å². The Balaban J connectivity index is 2.31. The lowest BCUT2D eigenvalue weighted by Gasteiger charge is -2.06. The van der Waals surface area contributed by atoms with Crippen LogP contribution in [0.1, 0.15) is 16.1 Å². The standard InChI is InChI=1S/C12H8F3NO2/c13-12(14,15)9-3-1-7(2-4-9)8-5-10(11(17)18)16-6-8/h1-6,16H,(H,17,18). The number of hydrogen-bond acceptors (Lipinski definition) is 1. The number of aromatic nitrogens is 1. The van der Waals surface area contributed by atoms with Gasteiger partial charge in [-0.2, -0.15) is 13.2 Å². The molecule has 0 unspecified atom stereocenters. The average molecular weight is 255 g/mol. The van der Waals surface area contributed by atoms with Crippen molar-refractivity contribution in [3.63, 3.8) is 0 Å². The summed E-state index contributed by atoms with van der Waals surface area (Å²) >= 11 is 0. The Kier molecular flexibility index (Phi) is 2.86. The molecule has 0 aliphatic heterocycles. The molecule has 0 aliphatic rings. The molecule has 3 nitrogen and oxygen atoms in total. The molecule has 94 valence electrons. The van der Waals surface area contributed by atoms with Gasteiger partial charge in [0.2, 0.25) is 0 Å². The topological polar surface area (TPSA) is 53.1 Å². The molecule has 0 bridgehead atoms. The molecule has 1 aromatic heterocycles. The third-order valence-electron chi connectivity index (χ3n) is 2.46.